The molecule has 2 rings (SSSR count). The van der Waals surface area contributed by atoms with E-state index < -0.39 is 4.92 Å². The molecule has 7 nitrogen and oxygen atoms in total. The van der Waals surface area contributed by atoms with Crippen molar-refractivity contribution in [2.45, 2.75) is 33.2 Å². The van der Waals surface area contributed by atoms with Gasteiger partial charge in [-0.25, -0.2) is 4.98 Å². The van der Waals surface area contributed by atoms with Gasteiger partial charge in [-0.3, -0.25) is 14.9 Å². The summed E-state index contributed by atoms with van der Waals surface area (Å²) in [6.07, 6.45) is 0.229. The molecule has 1 heterocycles. The topological polar surface area (TPSA) is 97.2 Å². The Bertz CT molecular complexity index is 745. The first-order chi connectivity index (χ1) is 11.4. The lowest BCUT2D eigenvalue weighted by atomic mass is 10.2. The first-order valence-electron chi connectivity index (χ1n) is 7.59. The van der Waals surface area contributed by atoms with Crippen molar-refractivity contribution in [2.24, 2.45) is 0 Å². The van der Waals surface area contributed by atoms with Gasteiger partial charge in [0.05, 0.1) is 21.7 Å². The Balaban J connectivity index is 1.86. The number of para-hydroxylation sites is 2. The van der Waals surface area contributed by atoms with E-state index in [4.69, 9.17) is 0 Å². The molecule has 1 aromatic heterocycles. The molecule has 0 saturated carbocycles. The quantitative estimate of drug-likeness (QED) is 0.591. The SMILES string of the molecule is Cc1nc(C)c([C@@H](C)NC(=O)CCNc2ccccc2[N+](=O)[O-])s1. The van der Waals surface area contributed by atoms with Crippen LogP contribution >= 0.6 is 11.3 Å². The smallest absolute Gasteiger partial charge is 0.292 e. The van der Waals surface area contributed by atoms with Crippen molar-refractivity contribution in [3.63, 3.8) is 0 Å². The first kappa shape index (κ1) is 17.9. The van der Waals surface area contributed by atoms with Gasteiger partial charge in [0.25, 0.3) is 5.69 Å². The number of hydrogen-bond donors (Lipinski definition) is 2. The fraction of sp³-hybridized carbons (Fsp3) is 0.375. The van der Waals surface area contributed by atoms with Crippen LogP contribution in [-0.4, -0.2) is 22.4 Å². The van der Waals surface area contributed by atoms with E-state index in [-0.39, 0.29) is 24.1 Å². The molecule has 24 heavy (non-hydrogen) atoms. The molecule has 2 N–H and O–H groups in total. The van der Waals surface area contributed by atoms with Crippen LogP contribution in [0.15, 0.2) is 24.3 Å². The molecule has 0 spiro atoms. The van der Waals surface area contributed by atoms with Crippen LogP contribution in [-0.2, 0) is 4.79 Å². The van der Waals surface area contributed by atoms with E-state index in [1.54, 1.807) is 29.5 Å². The minimum absolute atomic E-state index is 0.00189. The van der Waals surface area contributed by atoms with Gasteiger partial charge in [-0.15, -0.1) is 11.3 Å². The van der Waals surface area contributed by atoms with E-state index in [0.717, 1.165) is 15.6 Å². The summed E-state index contributed by atoms with van der Waals surface area (Å²) in [5.74, 6) is -0.112. The number of amides is 1. The Morgan fingerprint density at radius 3 is 2.71 bits per heavy atom. The zero-order chi connectivity index (χ0) is 17.7. The van der Waals surface area contributed by atoms with Crippen LogP contribution < -0.4 is 10.6 Å². The molecule has 0 bridgehead atoms. The second kappa shape index (κ2) is 7.87. The summed E-state index contributed by atoms with van der Waals surface area (Å²) in [5, 5.41) is 17.8. The van der Waals surface area contributed by atoms with Crippen LogP contribution in [0.2, 0.25) is 0 Å². The third-order valence-corrected chi connectivity index (χ3v) is 4.73. The second-order valence-electron chi connectivity index (χ2n) is 5.42. The molecule has 1 atom stereocenters. The van der Waals surface area contributed by atoms with Crippen molar-refractivity contribution in [1.29, 1.82) is 0 Å². The van der Waals surface area contributed by atoms with Crippen LogP contribution in [0.1, 0.15) is 35.0 Å². The van der Waals surface area contributed by atoms with Gasteiger partial charge < -0.3 is 10.6 Å². The zero-order valence-electron chi connectivity index (χ0n) is 13.8. The maximum atomic E-state index is 12.1. The zero-order valence-corrected chi connectivity index (χ0v) is 14.6. The number of rotatable bonds is 7. The molecule has 0 aliphatic heterocycles. The van der Waals surface area contributed by atoms with E-state index >= 15 is 0 Å². The van der Waals surface area contributed by atoms with Gasteiger partial charge in [0.2, 0.25) is 5.91 Å². The summed E-state index contributed by atoms with van der Waals surface area (Å²) in [6.45, 7) is 6.11. The van der Waals surface area contributed by atoms with Gasteiger partial charge >= 0.3 is 0 Å². The highest BCUT2D eigenvalue weighted by atomic mass is 32.1. The number of benzene rings is 1. The highest BCUT2D eigenvalue weighted by molar-refractivity contribution is 7.11. The molecule has 0 radical (unpaired) electrons. The Labute approximate surface area is 144 Å². The number of thiazole rings is 1. The summed E-state index contributed by atoms with van der Waals surface area (Å²) in [7, 11) is 0. The van der Waals surface area contributed by atoms with Gasteiger partial charge in [0.15, 0.2) is 0 Å². The maximum Gasteiger partial charge on any atom is 0.292 e. The van der Waals surface area contributed by atoms with Gasteiger partial charge in [-0.05, 0) is 26.8 Å². The molecule has 0 unspecified atom stereocenters. The number of nitro groups is 1. The minimum atomic E-state index is -0.445. The Morgan fingerprint density at radius 2 is 2.08 bits per heavy atom. The average Bonchev–Trinajstić information content (AvgIpc) is 2.86. The number of nitro benzene ring substituents is 1. The number of aromatic nitrogens is 1. The predicted octanol–water partition coefficient (Wildman–Crippen LogP) is 3.35. The van der Waals surface area contributed by atoms with Crippen molar-refractivity contribution in [1.82, 2.24) is 10.3 Å². The van der Waals surface area contributed by atoms with Gasteiger partial charge in [-0.1, -0.05) is 12.1 Å². The lowest BCUT2D eigenvalue weighted by Gasteiger charge is -2.13. The summed E-state index contributed by atoms with van der Waals surface area (Å²) in [6, 6.07) is 6.28. The number of anilines is 1. The lowest BCUT2D eigenvalue weighted by molar-refractivity contribution is -0.384. The number of nitrogens with one attached hydrogen (secondary N) is 2. The van der Waals surface area contributed by atoms with Gasteiger partial charge in [0, 0.05) is 23.9 Å². The molecule has 1 aromatic carbocycles. The number of nitrogens with zero attached hydrogens (tertiary/aromatic N) is 2. The Morgan fingerprint density at radius 1 is 1.38 bits per heavy atom. The number of carbonyl (C=O) groups is 1. The third kappa shape index (κ3) is 4.51. The largest absolute Gasteiger partial charge is 0.379 e. The van der Waals surface area contributed by atoms with Crippen molar-refractivity contribution < 1.29 is 9.72 Å². The van der Waals surface area contributed by atoms with Crippen LogP contribution in [0, 0.1) is 24.0 Å². The molecule has 8 heteroatoms. The van der Waals surface area contributed by atoms with E-state index in [1.165, 1.54) is 6.07 Å². The summed E-state index contributed by atoms with van der Waals surface area (Å²) >= 11 is 1.57. The first-order valence-corrected chi connectivity index (χ1v) is 8.40. The van der Waals surface area contributed by atoms with Crippen LogP contribution in [0.25, 0.3) is 0 Å². The number of carbonyl (C=O) groups excluding carboxylic acids is 1. The number of hydrogen-bond acceptors (Lipinski definition) is 6. The summed E-state index contributed by atoms with van der Waals surface area (Å²) < 4.78 is 0. The Hall–Kier alpha value is -2.48. The monoisotopic (exact) mass is 348 g/mol. The normalized spacial score (nSPS) is 11.8. The molecular weight excluding hydrogens is 328 g/mol. The van der Waals surface area contributed by atoms with Crippen molar-refractivity contribution >= 4 is 28.6 Å². The second-order valence-corrected chi connectivity index (χ2v) is 6.66. The fourth-order valence-electron chi connectivity index (χ4n) is 2.42. The average molecular weight is 348 g/mol. The molecule has 1 amide bonds. The molecule has 128 valence electrons. The molecular formula is C16H20N4O3S. The highest BCUT2D eigenvalue weighted by Gasteiger charge is 2.16. The van der Waals surface area contributed by atoms with Gasteiger partial charge in [0.1, 0.15) is 5.69 Å². The van der Waals surface area contributed by atoms with Crippen molar-refractivity contribution in [3.05, 3.63) is 50.0 Å². The molecule has 0 aliphatic rings. The van der Waals surface area contributed by atoms with Crippen LogP contribution in [0.4, 0.5) is 11.4 Å². The summed E-state index contributed by atoms with van der Waals surface area (Å²) in [4.78, 5) is 28.0. The van der Waals surface area contributed by atoms with Crippen molar-refractivity contribution in [3.8, 4) is 0 Å². The van der Waals surface area contributed by atoms with Gasteiger partial charge in [-0.2, -0.15) is 0 Å². The lowest BCUT2D eigenvalue weighted by Crippen LogP contribution is -2.28. The number of aryl methyl sites for hydroxylation is 2. The molecule has 0 aliphatic carbocycles. The van der Waals surface area contributed by atoms with E-state index in [1.807, 2.05) is 20.8 Å². The maximum absolute atomic E-state index is 12.1. The predicted molar refractivity (Wildman–Crippen MR) is 94.3 cm³/mol. The minimum Gasteiger partial charge on any atom is -0.379 e. The molecule has 0 fully saturated rings. The fourth-order valence-corrected chi connectivity index (χ4v) is 3.35. The van der Waals surface area contributed by atoms with Crippen LogP contribution in [0.5, 0.6) is 0 Å². The molecule has 0 saturated heterocycles. The summed E-state index contributed by atoms with van der Waals surface area (Å²) in [5.41, 5.74) is 1.35. The highest BCUT2D eigenvalue weighted by Crippen LogP contribution is 2.25. The third-order valence-electron chi connectivity index (χ3n) is 3.48. The standard InChI is InChI=1S/C16H20N4O3S/c1-10-16(24-12(3)18-10)11(2)19-15(21)8-9-17-13-6-4-5-7-14(13)20(22)23/h4-7,11,17H,8-9H2,1-3H3,(H,19,21)/t11-/m1/s1. The molecule has 2 aromatic rings. The Kier molecular flexibility index (Phi) is 5.86. The van der Waals surface area contributed by atoms with Crippen LogP contribution in [0.3, 0.4) is 0 Å². The van der Waals surface area contributed by atoms with Crippen molar-refractivity contribution in [2.75, 3.05) is 11.9 Å². The van der Waals surface area contributed by atoms with E-state index in [0.29, 0.717) is 12.2 Å². The van der Waals surface area contributed by atoms with E-state index in [2.05, 4.69) is 15.6 Å². The van der Waals surface area contributed by atoms with E-state index in [9.17, 15) is 14.9 Å².